The zero-order chi connectivity index (χ0) is 25.7. The monoisotopic (exact) mass is 607 g/mol. The third kappa shape index (κ3) is 6.10. The quantitative estimate of drug-likeness (QED) is 0.230. The first kappa shape index (κ1) is 26.9. The van der Waals surface area contributed by atoms with Gasteiger partial charge in [-0.15, -0.1) is 0 Å². The summed E-state index contributed by atoms with van der Waals surface area (Å²) in [6.45, 7) is 7.65. The lowest BCUT2D eigenvalue weighted by Gasteiger charge is -2.17. The highest BCUT2D eigenvalue weighted by molar-refractivity contribution is 9.10. The summed E-state index contributed by atoms with van der Waals surface area (Å²) in [6, 6.07) is 8.81. The minimum atomic E-state index is -0.810. The molecule has 0 saturated heterocycles. The Morgan fingerprint density at radius 2 is 1.91 bits per heavy atom. The van der Waals surface area contributed by atoms with E-state index in [0.29, 0.717) is 38.3 Å². The Morgan fingerprint density at radius 3 is 2.57 bits per heavy atom. The molecule has 0 amide bonds. The van der Waals surface area contributed by atoms with Gasteiger partial charge in [0, 0.05) is 20.4 Å². The first-order valence-corrected chi connectivity index (χ1v) is 12.8. The van der Waals surface area contributed by atoms with Crippen LogP contribution in [0.2, 0.25) is 0 Å². The summed E-state index contributed by atoms with van der Waals surface area (Å²) in [5, 5.41) is 4.97. The number of methoxy groups -OCH3 is 1. The van der Waals surface area contributed by atoms with Gasteiger partial charge in [-0.2, -0.15) is 9.78 Å². The minimum absolute atomic E-state index is 0.0195. The van der Waals surface area contributed by atoms with Crippen LogP contribution in [-0.4, -0.2) is 41.7 Å². The van der Waals surface area contributed by atoms with Gasteiger partial charge < -0.3 is 14.2 Å². The van der Waals surface area contributed by atoms with E-state index < -0.39 is 12.1 Å². The fraction of sp³-hybridized carbons (Fsp3) is 0.360. The van der Waals surface area contributed by atoms with E-state index in [1.165, 1.54) is 11.8 Å². The molecule has 8 nitrogen and oxygen atoms in total. The molecule has 0 fully saturated rings. The molecule has 0 bridgehead atoms. The van der Waals surface area contributed by atoms with Crippen LogP contribution in [0.1, 0.15) is 51.4 Å². The minimum Gasteiger partial charge on any atom is -0.493 e. The average molecular weight is 609 g/mol. The van der Waals surface area contributed by atoms with E-state index in [1.54, 1.807) is 38.3 Å². The van der Waals surface area contributed by atoms with E-state index in [0.717, 1.165) is 10.9 Å². The molecule has 186 valence electrons. The first-order chi connectivity index (χ1) is 16.7. The van der Waals surface area contributed by atoms with Gasteiger partial charge in [0.1, 0.15) is 5.82 Å². The van der Waals surface area contributed by atoms with Crippen molar-refractivity contribution in [1.29, 1.82) is 0 Å². The van der Waals surface area contributed by atoms with Crippen molar-refractivity contribution >= 4 is 54.9 Å². The zero-order valence-corrected chi connectivity index (χ0v) is 23.3. The van der Waals surface area contributed by atoms with E-state index in [1.807, 2.05) is 26.0 Å². The maximum atomic E-state index is 13.3. The van der Waals surface area contributed by atoms with Gasteiger partial charge in [0.05, 0.1) is 30.8 Å². The lowest BCUT2D eigenvalue weighted by molar-refractivity contribution is -0.150. The van der Waals surface area contributed by atoms with Crippen molar-refractivity contribution in [2.45, 2.75) is 46.1 Å². The fourth-order valence-electron chi connectivity index (χ4n) is 3.30. The van der Waals surface area contributed by atoms with Crippen molar-refractivity contribution < 1.29 is 19.0 Å². The molecule has 0 spiro atoms. The molecule has 1 aromatic heterocycles. The van der Waals surface area contributed by atoms with Crippen LogP contribution in [-0.2, 0) is 9.53 Å². The van der Waals surface area contributed by atoms with Gasteiger partial charge in [-0.25, -0.2) is 9.78 Å². The van der Waals surface area contributed by atoms with Gasteiger partial charge in [0.2, 0.25) is 0 Å². The van der Waals surface area contributed by atoms with Gasteiger partial charge >= 0.3 is 5.97 Å². The predicted molar refractivity (Wildman–Crippen MR) is 143 cm³/mol. The van der Waals surface area contributed by atoms with Crippen molar-refractivity contribution in [3.63, 3.8) is 0 Å². The Hall–Kier alpha value is -2.72. The van der Waals surface area contributed by atoms with Crippen LogP contribution >= 0.6 is 31.9 Å². The van der Waals surface area contributed by atoms with Crippen LogP contribution in [0, 0.1) is 0 Å². The molecule has 0 aliphatic carbocycles. The summed E-state index contributed by atoms with van der Waals surface area (Å²) in [6.07, 6.45) is 1.55. The normalized spacial score (nSPS) is 13.1. The number of benzene rings is 2. The molecule has 2 atom stereocenters. The zero-order valence-electron chi connectivity index (χ0n) is 20.2. The summed E-state index contributed by atoms with van der Waals surface area (Å²) in [7, 11) is 1.50. The third-order valence-corrected chi connectivity index (χ3v) is 6.58. The van der Waals surface area contributed by atoms with Crippen molar-refractivity contribution in [2.75, 3.05) is 13.7 Å². The summed E-state index contributed by atoms with van der Waals surface area (Å²) >= 11 is 6.94. The highest BCUT2D eigenvalue weighted by Gasteiger charge is 2.20. The number of rotatable bonds is 9. The Balaban J connectivity index is 2.04. The Bertz CT molecular complexity index is 1320. The van der Waals surface area contributed by atoms with Gasteiger partial charge in [0.15, 0.2) is 17.6 Å². The number of ether oxygens (including phenoxy) is 3. The molecule has 35 heavy (non-hydrogen) atoms. The highest BCUT2D eigenvalue weighted by atomic mass is 79.9. The predicted octanol–water partition coefficient (Wildman–Crippen LogP) is 5.66. The largest absolute Gasteiger partial charge is 0.493 e. The lowest BCUT2D eigenvalue weighted by Crippen LogP contribution is -2.26. The number of carbonyl (C=O) groups is 1. The SMILES string of the molecule is CCOC(=O)[C@H](C)Oc1cc(Br)c(C=Nn2c([C@@H](C)CC)nc3ccc(Br)cc3c2=O)cc1OC. The topological polar surface area (TPSA) is 92.0 Å². The first-order valence-electron chi connectivity index (χ1n) is 11.2. The Kier molecular flexibility index (Phi) is 9.07. The summed E-state index contributed by atoms with van der Waals surface area (Å²) in [5.74, 6) is 0.900. The number of fused-ring (bicyclic) bond motifs is 1. The molecule has 3 rings (SSSR count). The standard InChI is InChI=1S/C25H27Br2N3O5/c1-6-14(3)23-29-20-9-8-17(26)11-18(20)24(31)30(23)28-13-16-10-21(33-5)22(12-19(16)27)35-15(4)25(32)34-7-2/h8-15H,6-7H2,1-5H3/t14-,15-/m0/s1. The Morgan fingerprint density at radius 1 is 1.17 bits per heavy atom. The number of nitrogens with zero attached hydrogens (tertiary/aromatic N) is 3. The van der Waals surface area contributed by atoms with Crippen LogP contribution < -0.4 is 15.0 Å². The number of aromatic nitrogens is 2. The number of halogens is 2. The van der Waals surface area contributed by atoms with Crippen LogP contribution in [0.4, 0.5) is 0 Å². The summed E-state index contributed by atoms with van der Waals surface area (Å²) in [5.41, 5.74) is 1.02. The van der Waals surface area contributed by atoms with E-state index in [4.69, 9.17) is 19.2 Å². The molecular weight excluding hydrogens is 582 g/mol. The van der Waals surface area contributed by atoms with Gasteiger partial charge in [-0.05, 0) is 66.5 Å². The molecule has 0 radical (unpaired) electrons. The number of esters is 1. The summed E-state index contributed by atoms with van der Waals surface area (Å²) < 4.78 is 19.0. The lowest BCUT2D eigenvalue weighted by atomic mass is 10.1. The number of hydrogen-bond acceptors (Lipinski definition) is 7. The molecule has 1 heterocycles. The molecule has 2 aromatic carbocycles. The molecule has 3 aromatic rings. The highest BCUT2D eigenvalue weighted by Crippen LogP contribution is 2.34. The van der Waals surface area contributed by atoms with Crippen molar-refractivity contribution in [1.82, 2.24) is 9.66 Å². The van der Waals surface area contributed by atoms with Gasteiger partial charge in [0.25, 0.3) is 5.56 Å². The maximum absolute atomic E-state index is 13.3. The van der Waals surface area contributed by atoms with Crippen LogP contribution in [0.25, 0.3) is 10.9 Å². The van der Waals surface area contributed by atoms with Crippen molar-refractivity contribution in [3.8, 4) is 11.5 Å². The van der Waals surface area contributed by atoms with Crippen LogP contribution in [0.3, 0.4) is 0 Å². The smallest absolute Gasteiger partial charge is 0.347 e. The number of carbonyl (C=O) groups excluding carboxylic acids is 1. The van der Waals surface area contributed by atoms with Gasteiger partial charge in [-0.1, -0.05) is 29.8 Å². The molecular formula is C25H27Br2N3O5. The molecule has 10 heteroatoms. The fourth-order valence-corrected chi connectivity index (χ4v) is 4.08. The second-order valence-corrected chi connectivity index (χ2v) is 9.61. The second-order valence-electron chi connectivity index (χ2n) is 7.84. The molecule has 0 aliphatic heterocycles. The molecule has 0 aliphatic rings. The molecule has 0 saturated carbocycles. The third-order valence-electron chi connectivity index (χ3n) is 5.40. The van der Waals surface area contributed by atoms with Crippen LogP contribution in [0.5, 0.6) is 11.5 Å². The van der Waals surface area contributed by atoms with E-state index in [2.05, 4.69) is 37.0 Å². The van der Waals surface area contributed by atoms with E-state index in [-0.39, 0.29) is 18.1 Å². The second kappa shape index (κ2) is 11.8. The Labute approximate surface area is 220 Å². The average Bonchev–Trinajstić information content (AvgIpc) is 2.84. The van der Waals surface area contributed by atoms with Crippen molar-refractivity contribution in [2.24, 2.45) is 5.10 Å². The number of hydrogen-bond donors (Lipinski definition) is 0. The maximum Gasteiger partial charge on any atom is 0.347 e. The van der Waals surface area contributed by atoms with Gasteiger partial charge in [-0.3, -0.25) is 4.79 Å². The van der Waals surface area contributed by atoms with E-state index >= 15 is 0 Å². The van der Waals surface area contributed by atoms with Crippen LogP contribution in [0.15, 0.2) is 49.2 Å². The molecule has 0 unspecified atom stereocenters. The van der Waals surface area contributed by atoms with E-state index in [9.17, 15) is 9.59 Å². The van der Waals surface area contributed by atoms with Crippen molar-refractivity contribution in [3.05, 3.63) is 61.0 Å². The summed E-state index contributed by atoms with van der Waals surface area (Å²) in [4.78, 5) is 30.0. The molecule has 0 N–H and O–H groups in total.